The van der Waals surface area contributed by atoms with Crippen LogP contribution in [0.5, 0.6) is 0 Å². The van der Waals surface area contributed by atoms with Crippen LogP contribution in [0, 0.1) is 0 Å². The van der Waals surface area contributed by atoms with Gasteiger partial charge in [0.1, 0.15) is 0 Å². The number of aryl methyl sites for hydroxylation is 1. The van der Waals surface area contributed by atoms with Crippen LogP contribution in [0.3, 0.4) is 0 Å². The number of nitrogens with zero attached hydrogens (tertiary/aromatic N) is 1. The van der Waals surface area contributed by atoms with Crippen LogP contribution in [0.2, 0.25) is 0 Å². The number of hydrogen-bond donors (Lipinski definition) is 0. The quantitative estimate of drug-likeness (QED) is 0.827. The molecule has 1 aromatic carbocycles. The number of amides is 1. The largest absolute Gasteiger partial charge is 0.274 e. The fraction of sp³-hybridized carbons (Fsp3) is 0.500. The second kappa shape index (κ2) is 4.63. The third kappa shape index (κ3) is 2.27. The zero-order valence-electron chi connectivity index (χ0n) is 10.7. The Morgan fingerprint density at radius 3 is 2.84 bits per heavy atom. The molecule has 1 saturated heterocycles. The van der Waals surface area contributed by atoms with Gasteiger partial charge in [0, 0.05) is 13.0 Å². The highest BCUT2D eigenvalue weighted by molar-refractivity contribution is 7.89. The van der Waals surface area contributed by atoms with Gasteiger partial charge in [-0.2, -0.15) is 0 Å². The van der Waals surface area contributed by atoms with E-state index >= 15 is 0 Å². The maximum Gasteiger partial charge on any atom is 0.237 e. The zero-order chi connectivity index (χ0) is 13.5. The maximum absolute atomic E-state index is 12.2. The van der Waals surface area contributed by atoms with E-state index in [0.717, 1.165) is 17.1 Å². The van der Waals surface area contributed by atoms with E-state index in [-0.39, 0.29) is 17.6 Å². The SMILES string of the molecule is O=C(CC1CCc2ccccc21)N1CCCS1(=O)=O. The number of hydrogen-bond acceptors (Lipinski definition) is 3. The number of carbonyl (C=O) groups excluding carboxylic acids is 1. The zero-order valence-corrected chi connectivity index (χ0v) is 11.5. The van der Waals surface area contributed by atoms with E-state index in [1.165, 1.54) is 11.1 Å². The summed E-state index contributed by atoms with van der Waals surface area (Å²) in [4.78, 5) is 12.2. The van der Waals surface area contributed by atoms with E-state index < -0.39 is 10.0 Å². The van der Waals surface area contributed by atoms with Gasteiger partial charge < -0.3 is 0 Å². The normalized spacial score (nSPS) is 24.4. The minimum Gasteiger partial charge on any atom is -0.274 e. The van der Waals surface area contributed by atoms with E-state index in [1.54, 1.807) is 0 Å². The molecule has 1 aliphatic carbocycles. The van der Waals surface area contributed by atoms with Gasteiger partial charge in [-0.3, -0.25) is 4.79 Å². The molecule has 1 atom stereocenters. The first-order valence-corrected chi connectivity index (χ1v) is 8.30. The second-order valence-corrected chi connectivity index (χ2v) is 7.29. The Balaban J connectivity index is 1.75. The van der Waals surface area contributed by atoms with Crippen molar-refractivity contribution in [3.8, 4) is 0 Å². The molecule has 102 valence electrons. The molecule has 0 aromatic heterocycles. The molecular weight excluding hydrogens is 262 g/mol. The molecule has 0 radical (unpaired) electrons. The van der Waals surface area contributed by atoms with Gasteiger partial charge in [0.05, 0.1) is 5.75 Å². The first-order chi connectivity index (χ1) is 9.08. The van der Waals surface area contributed by atoms with Crippen molar-refractivity contribution < 1.29 is 13.2 Å². The molecule has 1 amide bonds. The lowest BCUT2D eigenvalue weighted by Crippen LogP contribution is -2.33. The van der Waals surface area contributed by atoms with Crippen molar-refractivity contribution in [1.82, 2.24) is 4.31 Å². The molecule has 0 spiro atoms. The predicted octanol–water partition coefficient (Wildman–Crippen LogP) is 1.67. The van der Waals surface area contributed by atoms with Gasteiger partial charge in [0.2, 0.25) is 15.9 Å². The highest BCUT2D eigenvalue weighted by Crippen LogP contribution is 2.36. The lowest BCUT2D eigenvalue weighted by atomic mass is 9.97. The third-order valence-electron chi connectivity index (χ3n) is 4.06. The van der Waals surface area contributed by atoms with Crippen molar-refractivity contribution in [2.45, 2.75) is 31.6 Å². The molecule has 19 heavy (non-hydrogen) atoms. The molecule has 1 fully saturated rings. The summed E-state index contributed by atoms with van der Waals surface area (Å²) in [5.41, 5.74) is 2.51. The maximum atomic E-state index is 12.2. The van der Waals surface area contributed by atoms with Crippen molar-refractivity contribution in [2.75, 3.05) is 12.3 Å². The lowest BCUT2D eigenvalue weighted by Gasteiger charge is -2.17. The molecule has 1 heterocycles. The summed E-state index contributed by atoms with van der Waals surface area (Å²) >= 11 is 0. The van der Waals surface area contributed by atoms with Crippen molar-refractivity contribution in [3.63, 3.8) is 0 Å². The number of sulfonamides is 1. The van der Waals surface area contributed by atoms with E-state index in [1.807, 2.05) is 12.1 Å². The van der Waals surface area contributed by atoms with Crippen LogP contribution in [0.4, 0.5) is 0 Å². The number of benzene rings is 1. The monoisotopic (exact) mass is 279 g/mol. The van der Waals surface area contributed by atoms with Crippen molar-refractivity contribution in [3.05, 3.63) is 35.4 Å². The van der Waals surface area contributed by atoms with Crippen LogP contribution in [-0.2, 0) is 21.2 Å². The van der Waals surface area contributed by atoms with Crippen LogP contribution in [0.1, 0.15) is 36.3 Å². The Bertz CT molecular complexity index is 609. The van der Waals surface area contributed by atoms with Crippen LogP contribution < -0.4 is 0 Å². The fourth-order valence-electron chi connectivity index (χ4n) is 3.09. The third-order valence-corrected chi connectivity index (χ3v) is 5.92. The summed E-state index contributed by atoms with van der Waals surface area (Å²) in [6, 6.07) is 8.13. The first-order valence-electron chi connectivity index (χ1n) is 6.69. The van der Waals surface area contributed by atoms with E-state index in [2.05, 4.69) is 12.1 Å². The molecule has 0 saturated carbocycles. The minimum absolute atomic E-state index is 0.111. The minimum atomic E-state index is -3.32. The van der Waals surface area contributed by atoms with Crippen LogP contribution in [-0.4, -0.2) is 30.9 Å². The lowest BCUT2D eigenvalue weighted by molar-refractivity contribution is -0.126. The molecule has 0 N–H and O–H groups in total. The van der Waals surface area contributed by atoms with Gasteiger partial charge in [-0.25, -0.2) is 12.7 Å². The Kier molecular flexibility index (Phi) is 3.09. The second-order valence-electron chi connectivity index (χ2n) is 5.27. The van der Waals surface area contributed by atoms with Crippen LogP contribution in [0.25, 0.3) is 0 Å². The van der Waals surface area contributed by atoms with Crippen molar-refractivity contribution >= 4 is 15.9 Å². The topological polar surface area (TPSA) is 54.5 Å². The molecule has 4 nitrogen and oxygen atoms in total. The summed E-state index contributed by atoms with van der Waals surface area (Å²) < 4.78 is 24.5. The Hall–Kier alpha value is -1.36. The van der Waals surface area contributed by atoms with Gasteiger partial charge in [-0.05, 0) is 36.3 Å². The molecule has 1 unspecified atom stereocenters. The van der Waals surface area contributed by atoms with Crippen molar-refractivity contribution in [1.29, 1.82) is 0 Å². The number of carbonyl (C=O) groups is 1. The van der Waals surface area contributed by atoms with E-state index in [9.17, 15) is 13.2 Å². The summed E-state index contributed by atoms with van der Waals surface area (Å²) in [6.07, 6.45) is 2.81. The molecular formula is C14H17NO3S. The predicted molar refractivity (Wildman–Crippen MR) is 72.2 cm³/mol. The van der Waals surface area contributed by atoms with E-state index in [0.29, 0.717) is 19.4 Å². The highest BCUT2D eigenvalue weighted by atomic mass is 32.2. The Morgan fingerprint density at radius 2 is 2.11 bits per heavy atom. The van der Waals surface area contributed by atoms with Crippen LogP contribution >= 0.6 is 0 Å². The summed E-state index contributed by atoms with van der Waals surface area (Å²) in [7, 11) is -3.32. The molecule has 2 aliphatic rings. The Labute approximate surface area is 113 Å². The van der Waals surface area contributed by atoms with Gasteiger partial charge in [0.15, 0.2) is 0 Å². The van der Waals surface area contributed by atoms with Gasteiger partial charge in [-0.1, -0.05) is 24.3 Å². The summed E-state index contributed by atoms with van der Waals surface area (Å²) in [6.45, 7) is 0.357. The molecule has 1 aromatic rings. The van der Waals surface area contributed by atoms with Gasteiger partial charge >= 0.3 is 0 Å². The number of fused-ring (bicyclic) bond motifs is 1. The van der Waals surface area contributed by atoms with Gasteiger partial charge in [-0.15, -0.1) is 0 Å². The molecule has 0 bridgehead atoms. The van der Waals surface area contributed by atoms with Crippen LogP contribution in [0.15, 0.2) is 24.3 Å². The van der Waals surface area contributed by atoms with Crippen molar-refractivity contribution in [2.24, 2.45) is 0 Å². The fourth-order valence-corrected chi connectivity index (χ4v) is 4.60. The van der Waals surface area contributed by atoms with E-state index in [4.69, 9.17) is 0 Å². The average molecular weight is 279 g/mol. The molecule has 3 rings (SSSR count). The molecule has 5 heteroatoms. The standard InChI is InChI=1S/C14H17NO3S/c16-14(15-8-3-9-19(15,17)18)10-12-7-6-11-4-1-2-5-13(11)12/h1-2,4-5,12H,3,6-10H2. The first kappa shape index (κ1) is 12.7. The summed E-state index contributed by atoms with van der Waals surface area (Å²) in [5, 5.41) is 0. The molecule has 1 aliphatic heterocycles. The smallest absolute Gasteiger partial charge is 0.237 e. The van der Waals surface area contributed by atoms with Gasteiger partial charge in [0.25, 0.3) is 0 Å². The number of rotatable bonds is 2. The summed E-state index contributed by atoms with van der Waals surface area (Å²) in [5.74, 6) is 0.0543. The highest BCUT2D eigenvalue weighted by Gasteiger charge is 2.34. The Morgan fingerprint density at radius 1 is 1.32 bits per heavy atom. The average Bonchev–Trinajstić information content (AvgIpc) is 2.93.